The first kappa shape index (κ1) is 30.7. The maximum atomic E-state index is 10.6. The predicted molar refractivity (Wildman–Crippen MR) is 119 cm³/mol. The molecule has 3 N–H and O–H groups in total. The van der Waals surface area contributed by atoms with Crippen molar-refractivity contribution < 1.29 is 50.9 Å². The molecule has 0 bridgehead atoms. The Morgan fingerprint density at radius 3 is 2.16 bits per heavy atom. The van der Waals surface area contributed by atoms with Gasteiger partial charge in [-0.05, 0) is 36.6 Å². The highest BCUT2D eigenvalue weighted by molar-refractivity contribution is 5.73. The summed E-state index contributed by atoms with van der Waals surface area (Å²) in [5.41, 5.74) is 1.29. The first-order chi connectivity index (χ1) is 17.8. The zero-order chi connectivity index (χ0) is 28.3. The normalized spacial score (nSPS) is 21.2. The quantitative estimate of drug-likeness (QED) is 0.474. The van der Waals surface area contributed by atoms with Gasteiger partial charge in [0.05, 0.1) is 12.7 Å². The lowest BCUT2D eigenvalue weighted by atomic mass is 9.84. The number of carboxylic acid groups (broad SMARTS) is 2. The zero-order valence-electron chi connectivity index (χ0n) is 19.7. The number of halogens is 6. The molecule has 0 aliphatic carbocycles. The lowest BCUT2D eigenvalue weighted by Gasteiger charge is -2.35. The summed E-state index contributed by atoms with van der Waals surface area (Å²) in [6.07, 6.45) is -1.42. The van der Waals surface area contributed by atoms with Crippen LogP contribution in [0, 0.1) is 11.8 Å². The van der Waals surface area contributed by atoms with E-state index in [0.29, 0.717) is 17.8 Å². The van der Waals surface area contributed by atoms with Gasteiger partial charge in [0.25, 0.3) is 0 Å². The van der Waals surface area contributed by atoms with Gasteiger partial charge in [-0.25, -0.2) is 19.6 Å². The highest BCUT2D eigenvalue weighted by Crippen LogP contribution is 2.34. The molecule has 2 aliphatic heterocycles. The van der Waals surface area contributed by atoms with Crippen LogP contribution in [0.3, 0.4) is 0 Å². The van der Waals surface area contributed by atoms with E-state index in [1.807, 2.05) is 24.5 Å². The number of ether oxygens (including phenoxy) is 1. The molecule has 0 spiro atoms. The molecule has 2 aliphatic rings. The van der Waals surface area contributed by atoms with Crippen molar-refractivity contribution in [2.24, 2.45) is 11.8 Å². The van der Waals surface area contributed by atoms with Crippen molar-refractivity contribution >= 4 is 17.9 Å². The van der Waals surface area contributed by atoms with E-state index in [0.717, 1.165) is 32.8 Å². The molecule has 2 saturated heterocycles. The van der Waals surface area contributed by atoms with Crippen molar-refractivity contribution in [3.8, 4) is 0 Å². The number of carboxylic acids is 2. The van der Waals surface area contributed by atoms with Crippen molar-refractivity contribution in [1.82, 2.24) is 19.9 Å². The number of anilines is 1. The van der Waals surface area contributed by atoms with Gasteiger partial charge in [0.2, 0.25) is 5.95 Å². The Morgan fingerprint density at radius 2 is 1.63 bits per heavy atom. The van der Waals surface area contributed by atoms with Gasteiger partial charge in [-0.1, -0.05) is 6.07 Å². The molecule has 10 nitrogen and oxygen atoms in total. The Bertz CT molecular complexity index is 989. The summed E-state index contributed by atoms with van der Waals surface area (Å²) in [7, 11) is 0. The lowest BCUT2D eigenvalue weighted by molar-refractivity contribution is -0.193. The fourth-order valence-electron chi connectivity index (χ4n) is 3.85. The largest absolute Gasteiger partial charge is 0.490 e. The van der Waals surface area contributed by atoms with Crippen LogP contribution in [0.4, 0.5) is 32.3 Å². The van der Waals surface area contributed by atoms with Gasteiger partial charge in [-0.2, -0.15) is 26.3 Å². The molecule has 0 unspecified atom stereocenters. The third-order valence-corrected chi connectivity index (χ3v) is 5.52. The Balaban J connectivity index is 0.000000301. The molecule has 3 atom stereocenters. The Hall–Kier alpha value is -3.53. The number of carbonyl (C=O) groups is 2. The summed E-state index contributed by atoms with van der Waals surface area (Å²) in [5, 5.41) is 17.6. The van der Waals surface area contributed by atoms with Gasteiger partial charge in [-0.15, -0.1) is 0 Å². The molecule has 4 heterocycles. The number of aliphatic carboxylic acids is 2. The van der Waals surface area contributed by atoms with Crippen molar-refractivity contribution in [1.29, 1.82) is 0 Å². The van der Waals surface area contributed by atoms with Gasteiger partial charge in [0.1, 0.15) is 0 Å². The van der Waals surface area contributed by atoms with Gasteiger partial charge < -0.3 is 20.3 Å². The van der Waals surface area contributed by atoms with E-state index in [-0.39, 0.29) is 6.10 Å². The number of aromatic nitrogens is 3. The number of hydrogen-bond acceptors (Lipinski definition) is 8. The van der Waals surface area contributed by atoms with Crippen LogP contribution in [-0.2, 0) is 20.9 Å². The van der Waals surface area contributed by atoms with Gasteiger partial charge in [-0.3, -0.25) is 9.88 Å². The number of fused-ring (bicyclic) bond motifs is 1. The van der Waals surface area contributed by atoms with Crippen LogP contribution in [0.15, 0.2) is 43.0 Å². The first-order valence-corrected chi connectivity index (χ1v) is 11.1. The standard InChI is InChI=1S/C18H23N5O.2C2HF3O2/c1-3-14(9-19-5-1)11-23-8-4-16-15(12-23)13-24-17(16)10-22-18-20-6-2-7-21-18;2*3-2(4,5)1(6)7/h1-3,5-7,9,15-17H,4,8,10-13H2,(H,20,21,22);2*(H,6,7)/t15-,16-,17-;;/m1../s1. The van der Waals surface area contributed by atoms with Gasteiger partial charge in [0.15, 0.2) is 0 Å². The van der Waals surface area contributed by atoms with Crippen LogP contribution in [-0.4, -0.2) is 86.7 Å². The Labute approximate surface area is 212 Å². The van der Waals surface area contributed by atoms with Crippen LogP contribution in [0.25, 0.3) is 0 Å². The first-order valence-electron chi connectivity index (χ1n) is 11.1. The number of piperidine rings is 1. The van der Waals surface area contributed by atoms with Crippen LogP contribution in [0.5, 0.6) is 0 Å². The molecule has 2 fully saturated rings. The van der Waals surface area contributed by atoms with E-state index in [4.69, 9.17) is 24.5 Å². The molecule has 16 heteroatoms. The molecule has 210 valence electrons. The summed E-state index contributed by atoms with van der Waals surface area (Å²) in [5.74, 6) is -3.58. The van der Waals surface area contributed by atoms with E-state index >= 15 is 0 Å². The van der Waals surface area contributed by atoms with E-state index in [2.05, 4.69) is 31.2 Å². The SMILES string of the molecule is O=C(O)C(F)(F)F.O=C(O)C(F)(F)F.c1cnc(NC[C@H]2OC[C@H]3CN(Cc4cccnc4)CC[C@H]32)nc1. The number of nitrogens with zero attached hydrogens (tertiary/aromatic N) is 4. The molecule has 38 heavy (non-hydrogen) atoms. The fraction of sp³-hybridized carbons (Fsp3) is 0.500. The minimum atomic E-state index is -5.08. The number of alkyl halides is 6. The van der Waals surface area contributed by atoms with Crippen LogP contribution < -0.4 is 5.32 Å². The third-order valence-electron chi connectivity index (χ3n) is 5.52. The van der Waals surface area contributed by atoms with Crippen molar-refractivity contribution in [2.45, 2.75) is 31.4 Å². The minimum absolute atomic E-state index is 0.263. The molecule has 0 amide bonds. The second kappa shape index (κ2) is 13.9. The number of hydrogen-bond donors (Lipinski definition) is 3. The highest BCUT2D eigenvalue weighted by Gasteiger charge is 2.41. The molecule has 0 radical (unpaired) electrons. The van der Waals surface area contributed by atoms with Crippen molar-refractivity contribution in [3.63, 3.8) is 0 Å². The van der Waals surface area contributed by atoms with E-state index in [9.17, 15) is 26.3 Å². The van der Waals surface area contributed by atoms with Crippen LogP contribution in [0.1, 0.15) is 12.0 Å². The van der Waals surface area contributed by atoms with Gasteiger partial charge in [0, 0.05) is 50.3 Å². The average Bonchev–Trinajstić information content (AvgIpc) is 3.26. The second-order valence-corrected chi connectivity index (χ2v) is 8.24. The molecular formula is C22H25F6N5O5. The lowest BCUT2D eigenvalue weighted by Crippen LogP contribution is -2.42. The summed E-state index contributed by atoms with van der Waals surface area (Å²) in [6.45, 7) is 4.86. The van der Waals surface area contributed by atoms with Crippen LogP contribution in [0.2, 0.25) is 0 Å². The Kier molecular flexibility index (Phi) is 11.2. The number of nitrogens with one attached hydrogen (secondary N) is 1. The predicted octanol–water partition coefficient (Wildman–Crippen LogP) is 3.09. The summed E-state index contributed by atoms with van der Waals surface area (Å²) >= 11 is 0. The third kappa shape index (κ3) is 10.5. The van der Waals surface area contributed by atoms with Crippen molar-refractivity contribution in [2.75, 3.05) is 31.6 Å². The highest BCUT2D eigenvalue weighted by atomic mass is 19.4. The Morgan fingerprint density at radius 1 is 1.03 bits per heavy atom. The van der Waals surface area contributed by atoms with E-state index < -0.39 is 24.3 Å². The smallest absolute Gasteiger partial charge is 0.475 e. The molecule has 0 saturated carbocycles. The topological polar surface area (TPSA) is 138 Å². The zero-order valence-corrected chi connectivity index (χ0v) is 19.7. The molecule has 2 aromatic heterocycles. The number of likely N-dealkylation sites (tertiary alicyclic amines) is 1. The maximum absolute atomic E-state index is 10.6. The molecule has 2 aromatic rings. The fourth-order valence-corrected chi connectivity index (χ4v) is 3.85. The summed E-state index contributed by atoms with van der Waals surface area (Å²) < 4.78 is 69.5. The maximum Gasteiger partial charge on any atom is 0.490 e. The summed E-state index contributed by atoms with van der Waals surface area (Å²) in [6, 6.07) is 5.98. The second-order valence-electron chi connectivity index (χ2n) is 8.24. The van der Waals surface area contributed by atoms with Crippen molar-refractivity contribution in [3.05, 3.63) is 48.5 Å². The number of rotatable bonds is 5. The van der Waals surface area contributed by atoms with E-state index in [1.54, 1.807) is 12.4 Å². The average molecular weight is 553 g/mol. The number of pyridine rings is 1. The molecule has 0 aromatic carbocycles. The van der Waals surface area contributed by atoms with E-state index in [1.165, 1.54) is 12.0 Å². The van der Waals surface area contributed by atoms with Gasteiger partial charge >= 0.3 is 24.3 Å². The van der Waals surface area contributed by atoms with Crippen LogP contribution >= 0.6 is 0 Å². The monoisotopic (exact) mass is 553 g/mol. The molecule has 4 rings (SSSR count). The summed E-state index contributed by atoms with van der Waals surface area (Å²) in [4.78, 5) is 32.9. The molecular weight excluding hydrogens is 528 g/mol. The minimum Gasteiger partial charge on any atom is -0.475 e.